The van der Waals surface area contributed by atoms with Crippen molar-refractivity contribution >= 4 is 5.69 Å². The van der Waals surface area contributed by atoms with E-state index in [9.17, 15) is 10.4 Å². The molecule has 0 spiro atoms. The van der Waals surface area contributed by atoms with E-state index < -0.39 is 0 Å². The third-order valence-electron chi connectivity index (χ3n) is 4.86. The van der Waals surface area contributed by atoms with Gasteiger partial charge < -0.3 is 10.0 Å². The maximum Gasteiger partial charge on any atom is 0.101 e. The van der Waals surface area contributed by atoms with E-state index in [1.54, 1.807) is 0 Å². The molecule has 3 rings (SSSR count). The summed E-state index contributed by atoms with van der Waals surface area (Å²) in [6, 6.07) is 9.08. The number of rotatable bonds is 2. The average molecular weight is 285 g/mol. The van der Waals surface area contributed by atoms with E-state index in [4.69, 9.17) is 0 Å². The lowest BCUT2D eigenvalue weighted by Gasteiger charge is -2.48. The van der Waals surface area contributed by atoms with Gasteiger partial charge in [0.2, 0.25) is 0 Å². The van der Waals surface area contributed by atoms with Crippen molar-refractivity contribution < 1.29 is 5.11 Å². The number of piperazine rings is 1. The van der Waals surface area contributed by atoms with Crippen LogP contribution in [0.4, 0.5) is 5.69 Å². The van der Waals surface area contributed by atoms with Crippen molar-refractivity contribution in [3.8, 4) is 6.07 Å². The number of aliphatic hydroxyl groups excluding tert-OH is 1. The molecule has 0 amide bonds. The van der Waals surface area contributed by atoms with Crippen LogP contribution < -0.4 is 4.90 Å². The monoisotopic (exact) mass is 285 g/mol. The minimum atomic E-state index is -0.0130. The van der Waals surface area contributed by atoms with Crippen LogP contribution in [-0.4, -0.2) is 41.7 Å². The Labute approximate surface area is 126 Å². The Morgan fingerprint density at radius 1 is 1.33 bits per heavy atom. The Morgan fingerprint density at radius 2 is 2.19 bits per heavy atom. The van der Waals surface area contributed by atoms with Gasteiger partial charge in [0.05, 0.1) is 17.9 Å². The first kappa shape index (κ1) is 14.4. The number of anilines is 1. The van der Waals surface area contributed by atoms with Gasteiger partial charge in [-0.05, 0) is 44.0 Å². The molecule has 4 heteroatoms. The Kier molecular flexibility index (Phi) is 4.14. The highest BCUT2D eigenvalue weighted by Gasteiger charge is 2.33. The van der Waals surface area contributed by atoms with E-state index in [0.717, 1.165) is 24.3 Å². The quantitative estimate of drug-likeness (QED) is 0.904. The standard InChI is InChI=1S/C17H23N3O/c1-13-10-19-7-3-2-4-16(19)11-20(13)17-6-5-14(12-21)8-15(17)9-18/h5-6,8,13,16,21H,2-4,7,10-12H2,1H3. The van der Waals surface area contributed by atoms with Crippen LogP contribution in [0.2, 0.25) is 0 Å². The molecule has 0 radical (unpaired) electrons. The molecule has 1 aromatic rings. The van der Waals surface area contributed by atoms with Gasteiger partial charge in [-0.3, -0.25) is 4.90 Å². The maximum absolute atomic E-state index is 9.42. The summed E-state index contributed by atoms with van der Waals surface area (Å²) in [7, 11) is 0. The third-order valence-corrected chi connectivity index (χ3v) is 4.86. The number of benzene rings is 1. The molecule has 0 saturated carbocycles. The summed E-state index contributed by atoms with van der Waals surface area (Å²) in [5, 5.41) is 18.7. The third kappa shape index (κ3) is 2.76. The molecule has 2 fully saturated rings. The van der Waals surface area contributed by atoms with Crippen molar-refractivity contribution in [2.45, 2.75) is 44.9 Å². The minimum Gasteiger partial charge on any atom is -0.392 e. The predicted molar refractivity (Wildman–Crippen MR) is 83.1 cm³/mol. The molecule has 4 nitrogen and oxygen atoms in total. The molecule has 1 aromatic carbocycles. The fourth-order valence-corrected chi connectivity index (χ4v) is 3.71. The van der Waals surface area contributed by atoms with Crippen molar-refractivity contribution in [3.05, 3.63) is 29.3 Å². The van der Waals surface area contributed by atoms with Crippen molar-refractivity contribution in [1.82, 2.24) is 4.90 Å². The predicted octanol–water partition coefficient (Wildman–Crippen LogP) is 2.11. The molecular formula is C17H23N3O. The summed E-state index contributed by atoms with van der Waals surface area (Å²) in [6.45, 7) is 5.54. The molecule has 2 atom stereocenters. The van der Waals surface area contributed by atoms with E-state index in [1.807, 2.05) is 18.2 Å². The molecule has 2 saturated heterocycles. The molecular weight excluding hydrogens is 262 g/mol. The highest BCUT2D eigenvalue weighted by molar-refractivity contribution is 5.61. The second kappa shape index (κ2) is 6.05. The Balaban J connectivity index is 1.87. The molecule has 0 bridgehead atoms. The van der Waals surface area contributed by atoms with Gasteiger partial charge >= 0.3 is 0 Å². The highest BCUT2D eigenvalue weighted by Crippen LogP contribution is 2.30. The van der Waals surface area contributed by atoms with Gasteiger partial charge in [-0.15, -0.1) is 0 Å². The molecule has 2 aliphatic heterocycles. The van der Waals surface area contributed by atoms with E-state index in [0.29, 0.717) is 17.6 Å². The van der Waals surface area contributed by atoms with Crippen LogP contribution in [0.3, 0.4) is 0 Å². The highest BCUT2D eigenvalue weighted by atomic mass is 16.3. The van der Waals surface area contributed by atoms with E-state index >= 15 is 0 Å². The van der Waals surface area contributed by atoms with Gasteiger partial charge in [0.1, 0.15) is 6.07 Å². The van der Waals surface area contributed by atoms with Crippen molar-refractivity contribution in [3.63, 3.8) is 0 Å². The van der Waals surface area contributed by atoms with Crippen LogP contribution in [0.25, 0.3) is 0 Å². The van der Waals surface area contributed by atoms with Crippen molar-refractivity contribution in [1.29, 1.82) is 5.26 Å². The second-order valence-electron chi connectivity index (χ2n) is 6.27. The van der Waals surface area contributed by atoms with E-state index in [2.05, 4.69) is 22.8 Å². The number of hydrogen-bond acceptors (Lipinski definition) is 4. The minimum absolute atomic E-state index is 0.0130. The second-order valence-corrected chi connectivity index (χ2v) is 6.27. The normalized spacial score (nSPS) is 26.2. The Bertz CT molecular complexity index is 551. The summed E-state index contributed by atoms with van der Waals surface area (Å²) in [5.74, 6) is 0. The first-order chi connectivity index (χ1) is 10.2. The zero-order valence-corrected chi connectivity index (χ0v) is 12.6. The fraction of sp³-hybridized carbons (Fsp3) is 0.588. The van der Waals surface area contributed by atoms with Gasteiger partial charge in [0.15, 0.2) is 0 Å². The summed E-state index contributed by atoms with van der Waals surface area (Å²) in [4.78, 5) is 4.99. The smallest absolute Gasteiger partial charge is 0.101 e. The Hall–Kier alpha value is -1.57. The topological polar surface area (TPSA) is 50.5 Å². The van der Waals surface area contributed by atoms with Crippen LogP contribution in [-0.2, 0) is 6.61 Å². The lowest BCUT2D eigenvalue weighted by atomic mass is 9.96. The summed E-state index contributed by atoms with van der Waals surface area (Å²) in [5.41, 5.74) is 2.50. The number of piperidine rings is 1. The van der Waals surface area contributed by atoms with Gasteiger partial charge in [-0.25, -0.2) is 0 Å². The number of aliphatic hydroxyl groups is 1. The first-order valence-electron chi connectivity index (χ1n) is 7.87. The van der Waals surface area contributed by atoms with Gasteiger partial charge in [0, 0.05) is 25.2 Å². The number of hydrogen-bond donors (Lipinski definition) is 1. The molecule has 2 unspecified atom stereocenters. The zero-order chi connectivity index (χ0) is 14.8. The summed E-state index contributed by atoms with van der Waals surface area (Å²) < 4.78 is 0. The fourth-order valence-electron chi connectivity index (χ4n) is 3.71. The summed E-state index contributed by atoms with van der Waals surface area (Å²) in [6.07, 6.45) is 3.90. The summed E-state index contributed by atoms with van der Waals surface area (Å²) >= 11 is 0. The first-order valence-corrected chi connectivity index (χ1v) is 7.87. The van der Waals surface area contributed by atoms with Crippen LogP contribution in [0.1, 0.15) is 37.3 Å². The molecule has 21 heavy (non-hydrogen) atoms. The Morgan fingerprint density at radius 3 is 2.95 bits per heavy atom. The lowest BCUT2D eigenvalue weighted by molar-refractivity contribution is 0.115. The van der Waals surface area contributed by atoms with Gasteiger partial charge in [0.25, 0.3) is 0 Å². The van der Waals surface area contributed by atoms with Gasteiger partial charge in [-0.2, -0.15) is 5.26 Å². The lowest BCUT2D eigenvalue weighted by Crippen LogP contribution is -2.59. The SMILES string of the molecule is CC1CN2CCCCC2CN1c1ccc(CO)cc1C#N. The van der Waals surface area contributed by atoms with Crippen LogP contribution in [0, 0.1) is 11.3 Å². The molecule has 0 aliphatic carbocycles. The zero-order valence-electron chi connectivity index (χ0n) is 12.6. The van der Waals surface area contributed by atoms with Crippen LogP contribution in [0.15, 0.2) is 18.2 Å². The van der Waals surface area contributed by atoms with Crippen LogP contribution in [0.5, 0.6) is 0 Å². The van der Waals surface area contributed by atoms with E-state index in [1.165, 1.54) is 25.8 Å². The van der Waals surface area contributed by atoms with Gasteiger partial charge in [-0.1, -0.05) is 12.5 Å². The maximum atomic E-state index is 9.42. The number of fused-ring (bicyclic) bond motifs is 1. The van der Waals surface area contributed by atoms with Crippen LogP contribution >= 0.6 is 0 Å². The van der Waals surface area contributed by atoms with E-state index in [-0.39, 0.29) is 6.61 Å². The number of nitriles is 1. The molecule has 2 aliphatic rings. The van der Waals surface area contributed by atoms with Crippen molar-refractivity contribution in [2.24, 2.45) is 0 Å². The largest absolute Gasteiger partial charge is 0.392 e. The molecule has 112 valence electrons. The average Bonchev–Trinajstić information content (AvgIpc) is 2.53. The van der Waals surface area contributed by atoms with Crippen molar-refractivity contribution in [2.75, 3.05) is 24.5 Å². The molecule has 1 N–H and O–H groups in total. The number of nitrogens with zero attached hydrogens (tertiary/aromatic N) is 3. The molecule has 0 aromatic heterocycles. The molecule has 2 heterocycles.